The number of amidine groups is 1. The van der Waals surface area contributed by atoms with Gasteiger partial charge in [0.15, 0.2) is 6.20 Å². The Morgan fingerprint density at radius 3 is 2.56 bits per heavy atom. The molecule has 0 fully saturated rings. The van der Waals surface area contributed by atoms with E-state index in [1.165, 1.54) is 12.4 Å². The fourth-order valence-electron chi connectivity index (χ4n) is 0.707. The summed E-state index contributed by atoms with van der Waals surface area (Å²) >= 11 is 0. The number of aliphatic imine (C=N–C) groups is 1. The minimum Gasteiger partial charge on any atom is -0.197 e. The van der Waals surface area contributed by atoms with E-state index in [-0.39, 0.29) is 0 Å². The van der Waals surface area contributed by atoms with E-state index in [9.17, 15) is 0 Å². The summed E-state index contributed by atoms with van der Waals surface area (Å²) in [6, 6.07) is 0. The van der Waals surface area contributed by atoms with Gasteiger partial charge >= 0.3 is 0 Å². The minimum atomic E-state index is -1.17. The molecule has 50 valence electrons. The van der Waals surface area contributed by atoms with Crippen LogP contribution in [0.15, 0.2) is 17.4 Å². The molecular weight excluding hydrogens is 120 g/mol. The molecule has 9 heavy (non-hydrogen) atoms. The molecule has 4 nitrogen and oxygen atoms in total. The van der Waals surface area contributed by atoms with Gasteiger partial charge < -0.3 is 0 Å². The third-order valence-electron chi connectivity index (χ3n) is 1.19. The van der Waals surface area contributed by atoms with Gasteiger partial charge in [0.05, 0.1) is 6.20 Å². The molecule has 0 aromatic carbocycles. The summed E-state index contributed by atoms with van der Waals surface area (Å²) in [5.41, 5.74) is 0. The quantitative estimate of drug-likeness (QED) is 0.516. The van der Waals surface area contributed by atoms with E-state index in [0.29, 0.717) is 12.3 Å². The highest BCUT2D eigenvalue weighted by Crippen LogP contribution is 2.10. The van der Waals surface area contributed by atoms with E-state index in [1.54, 1.807) is 0 Å². The van der Waals surface area contributed by atoms with Crippen LogP contribution in [0.2, 0.25) is 0 Å². The van der Waals surface area contributed by atoms with Gasteiger partial charge in [0.2, 0.25) is 0 Å². The maximum atomic E-state index is 8.93. The average Bonchev–Trinajstić information content (AvgIpc) is 2.08. The maximum Gasteiger partial charge on any atom is 0.274 e. The highest BCUT2D eigenvalue weighted by molar-refractivity contribution is 5.76. The molecule has 0 aromatic heterocycles. The predicted octanol–water partition coefficient (Wildman–Crippen LogP) is 0.875. The third-order valence-corrected chi connectivity index (χ3v) is 1.19. The Kier molecular flexibility index (Phi) is 1.36. The summed E-state index contributed by atoms with van der Waals surface area (Å²) in [7, 11) is 0. The second-order valence-corrected chi connectivity index (χ2v) is 1.85. The third kappa shape index (κ3) is 0.999. The minimum absolute atomic E-state index is 0.343. The number of rotatable bonds is 1. The second kappa shape index (κ2) is 1.91. The maximum absolute atomic E-state index is 8.93. The fraction of sp³-hybridized carbons (Fsp3) is 0.400. The standard InChI is InChI=1S/C5H9N2O2/c1-2-5-6-3-4-7(5,8)9/h3-4,8-9H,2H2,1H3/q+1. The topological polar surface area (TPSA) is 52.8 Å². The van der Waals surface area contributed by atoms with E-state index < -0.39 is 4.81 Å². The molecule has 1 rings (SSSR count). The van der Waals surface area contributed by atoms with Crippen LogP contribution in [0.25, 0.3) is 0 Å². The van der Waals surface area contributed by atoms with Gasteiger partial charge in [0.25, 0.3) is 5.84 Å². The van der Waals surface area contributed by atoms with Crippen LogP contribution < -0.4 is 0 Å². The van der Waals surface area contributed by atoms with Crippen LogP contribution in [-0.2, 0) is 0 Å². The molecule has 0 atom stereocenters. The lowest BCUT2D eigenvalue weighted by atomic mass is 10.4. The fourth-order valence-corrected chi connectivity index (χ4v) is 0.707. The summed E-state index contributed by atoms with van der Waals surface area (Å²) in [6.45, 7) is 1.81. The molecule has 0 aliphatic carbocycles. The van der Waals surface area contributed by atoms with Crippen molar-refractivity contribution in [2.75, 3.05) is 0 Å². The van der Waals surface area contributed by atoms with E-state index >= 15 is 0 Å². The van der Waals surface area contributed by atoms with Crippen LogP contribution in [-0.4, -0.2) is 21.1 Å². The monoisotopic (exact) mass is 129 g/mol. The smallest absolute Gasteiger partial charge is 0.197 e. The Bertz CT molecular complexity index is 172. The Balaban J connectivity index is 2.78. The van der Waals surface area contributed by atoms with Crippen LogP contribution >= 0.6 is 0 Å². The van der Waals surface area contributed by atoms with Crippen LogP contribution in [0.4, 0.5) is 0 Å². The van der Waals surface area contributed by atoms with Gasteiger partial charge in [-0.25, -0.2) is 0 Å². The number of hydrogen-bond donors (Lipinski definition) is 2. The Hall–Kier alpha value is -0.710. The lowest BCUT2D eigenvalue weighted by Gasteiger charge is -2.10. The molecule has 1 aliphatic rings. The number of hydroxylamine groups is 4. The number of hydrogen-bond acceptors (Lipinski definition) is 3. The highest BCUT2D eigenvalue weighted by Gasteiger charge is 2.30. The van der Waals surface area contributed by atoms with Gasteiger partial charge in [-0.05, 0) is 0 Å². The molecule has 1 heterocycles. The van der Waals surface area contributed by atoms with E-state index in [2.05, 4.69) is 4.99 Å². The van der Waals surface area contributed by atoms with Crippen molar-refractivity contribution in [1.82, 2.24) is 0 Å². The van der Waals surface area contributed by atoms with Crippen molar-refractivity contribution < 1.29 is 15.2 Å². The van der Waals surface area contributed by atoms with Crippen molar-refractivity contribution >= 4 is 5.84 Å². The van der Waals surface area contributed by atoms with Gasteiger partial charge in [0, 0.05) is 11.2 Å². The van der Waals surface area contributed by atoms with Crippen molar-refractivity contribution in [2.45, 2.75) is 13.3 Å². The molecule has 1 aliphatic heterocycles. The lowest BCUT2D eigenvalue weighted by molar-refractivity contribution is -1.15. The zero-order chi connectivity index (χ0) is 6.91. The zero-order valence-corrected chi connectivity index (χ0v) is 5.15. The summed E-state index contributed by atoms with van der Waals surface area (Å²) in [5.74, 6) is 0.343. The van der Waals surface area contributed by atoms with Gasteiger partial charge in [-0.1, -0.05) is 6.92 Å². The van der Waals surface area contributed by atoms with Crippen molar-refractivity contribution in [1.29, 1.82) is 0 Å². The van der Waals surface area contributed by atoms with Crippen LogP contribution in [0.3, 0.4) is 0 Å². The second-order valence-electron chi connectivity index (χ2n) is 1.85. The molecule has 0 bridgehead atoms. The normalized spacial score (nSPS) is 22.3. The Morgan fingerprint density at radius 1 is 1.67 bits per heavy atom. The molecule has 2 N–H and O–H groups in total. The summed E-state index contributed by atoms with van der Waals surface area (Å²) in [5, 5.41) is 17.9. The zero-order valence-electron chi connectivity index (χ0n) is 5.15. The van der Waals surface area contributed by atoms with E-state index in [1.807, 2.05) is 6.92 Å². The van der Waals surface area contributed by atoms with E-state index in [0.717, 1.165) is 0 Å². The molecule has 0 saturated carbocycles. The summed E-state index contributed by atoms with van der Waals surface area (Å²) in [4.78, 5) is 2.55. The van der Waals surface area contributed by atoms with Gasteiger partial charge in [-0.15, -0.1) is 0 Å². The largest absolute Gasteiger partial charge is 0.274 e. The molecule has 4 heteroatoms. The molecule has 0 unspecified atom stereocenters. The first kappa shape index (κ1) is 6.41. The molecular formula is C5H9N2O2+. The summed E-state index contributed by atoms with van der Waals surface area (Å²) < 4.78 is 0. The van der Waals surface area contributed by atoms with Crippen LogP contribution in [0.5, 0.6) is 0 Å². The lowest BCUT2D eigenvalue weighted by Crippen LogP contribution is -2.38. The molecule has 0 aromatic rings. The van der Waals surface area contributed by atoms with Crippen molar-refractivity contribution in [3.8, 4) is 0 Å². The average molecular weight is 129 g/mol. The van der Waals surface area contributed by atoms with Crippen LogP contribution in [0, 0.1) is 0 Å². The van der Waals surface area contributed by atoms with Crippen molar-refractivity contribution in [2.24, 2.45) is 4.99 Å². The molecule has 0 spiro atoms. The van der Waals surface area contributed by atoms with Crippen molar-refractivity contribution in [3.05, 3.63) is 12.4 Å². The SMILES string of the molecule is CCC1=NC=C[N+]1(O)O. The predicted molar refractivity (Wildman–Crippen MR) is 30.7 cm³/mol. The molecule has 0 saturated heterocycles. The first-order chi connectivity index (χ1) is 4.17. The molecule has 0 radical (unpaired) electrons. The highest BCUT2D eigenvalue weighted by atomic mass is 16.8. The van der Waals surface area contributed by atoms with Gasteiger partial charge in [-0.3, -0.25) is 0 Å². The molecule has 0 amide bonds. The number of nitrogens with zero attached hydrogens (tertiary/aromatic N) is 2. The van der Waals surface area contributed by atoms with Gasteiger partial charge in [0.1, 0.15) is 0 Å². The number of quaternary nitrogens is 1. The Labute approximate surface area is 52.9 Å². The summed E-state index contributed by atoms with van der Waals surface area (Å²) in [6.07, 6.45) is 3.11. The first-order valence-corrected chi connectivity index (χ1v) is 2.76. The first-order valence-electron chi connectivity index (χ1n) is 2.76. The van der Waals surface area contributed by atoms with Crippen LogP contribution in [0.1, 0.15) is 13.3 Å². The Morgan fingerprint density at radius 2 is 2.33 bits per heavy atom. The van der Waals surface area contributed by atoms with Crippen molar-refractivity contribution in [3.63, 3.8) is 0 Å². The van der Waals surface area contributed by atoms with Gasteiger partial charge in [-0.2, -0.15) is 15.4 Å². The van der Waals surface area contributed by atoms with E-state index in [4.69, 9.17) is 10.4 Å².